The van der Waals surface area contributed by atoms with Crippen LogP contribution in [0.15, 0.2) is 40.7 Å². The highest BCUT2D eigenvalue weighted by molar-refractivity contribution is 8.01. The van der Waals surface area contributed by atoms with Crippen molar-refractivity contribution in [3.63, 3.8) is 0 Å². The minimum atomic E-state index is -1.36. The van der Waals surface area contributed by atoms with Crippen LogP contribution in [0, 0.1) is 0 Å². The van der Waals surface area contributed by atoms with Gasteiger partial charge in [-0.05, 0) is 47.4 Å². The molecular weight excluding hydrogens is 595 g/mol. The van der Waals surface area contributed by atoms with Gasteiger partial charge in [-0.25, -0.2) is 14.3 Å². The largest absolute Gasteiger partial charge is 0.480 e. The number of hydrogen-bond donors (Lipinski definition) is 3. The Morgan fingerprint density at radius 1 is 1.20 bits per heavy atom. The molecular formula is C24H23N7O7S3. The number of aliphatic carboxylic acids is 2. The van der Waals surface area contributed by atoms with Gasteiger partial charge in [-0.2, -0.15) is 0 Å². The van der Waals surface area contributed by atoms with Crippen LogP contribution in [-0.4, -0.2) is 104 Å². The van der Waals surface area contributed by atoms with Crippen molar-refractivity contribution in [1.82, 2.24) is 35.3 Å². The van der Waals surface area contributed by atoms with E-state index in [1.54, 1.807) is 19.2 Å². The Bertz CT molecular complexity index is 1470. The van der Waals surface area contributed by atoms with Crippen LogP contribution in [-0.2, 0) is 21.4 Å². The van der Waals surface area contributed by atoms with E-state index in [0.29, 0.717) is 27.2 Å². The Morgan fingerprint density at radius 2 is 1.88 bits per heavy atom. The van der Waals surface area contributed by atoms with Gasteiger partial charge >= 0.3 is 11.9 Å². The number of aromatic nitrogens is 4. The minimum Gasteiger partial charge on any atom is -0.480 e. The molecule has 0 aliphatic carbocycles. The van der Waals surface area contributed by atoms with E-state index in [1.807, 2.05) is 0 Å². The smallest absolute Gasteiger partial charge is 0.352 e. The van der Waals surface area contributed by atoms with Crippen LogP contribution < -0.4 is 5.32 Å². The summed E-state index contributed by atoms with van der Waals surface area (Å²) < 4.78 is 1.47. The zero-order valence-electron chi connectivity index (χ0n) is 21.4. The summed E-state index contributed by atoms with van der Waals surface area (Å²) in [4.78, 5) is 64.8. The molecule has 5 rings (SSSR count). The molecule has 1 saturated heterocycles. The lowest BCUT2D eigenvalue weighted by Crippen LogP contribution is -2.70. The third kappa shape index (κ3) is 5.31. The summed E-state index contributed by atoms with van der Waals surface area (Å²) >= 11 is 8.08. The van der Waals surface area contributed by atoms with Gasteiger partial charge in [0.15, 0.2) is 0 Å². The number of carbonyl (C=O) groups is 5. The monoisotopic (exact) mass is 617 g/mol. The number of amides is 3. The molecule has 3 amide bonds. The van der Waals surface area contributed by atoms with E-state index in [1.165, 1.54) is 45.2 Å². The summed E-state index contributed by atoms with van der Waals surface area (Å²) in [7, 11) is 1.67. The molecule has 14 nitrogen and oxygen atoms in total. The average molecular weight is 618 g/mol. The number of nitrogens with one attached hydrogen (secondary N) is 1. The molecule has 0 saturated carbocycles. The molecule has 3 aliphatic rings. The highest BCUT2D eigenvalue weighted by Gasteiger charge is 2.53. The molecule has 0 bridgehead atoms. The van der Waals surface area contributed by atoms with Crippen LogP contribution in [0.5, 0.6) is 0 Å². The molecule has 1 aromatic heterocycles. The number of carbonyl (C=O) groups excluding carboxylic acids is 3. The zero-order chi connectivity index (χ0) is 29.4. The molecule has 214 valence electrons. The van der Waals surface area contributed by atoms with Crippen molar-refractivity contribution in [3.8, 4) is 0 Å². The molecule has 3 N–H and O–H groups in total. The minimum absolute atomic E-state index is 0.0283. The number of aryl methyl sites for hydroxylation is 1. The number of carboxylic acids is 2. The topological polar surface area (TPSA) is 188 Å². The van der Waals surface area contributed by atoms with Crippen LogP contribution in [0.1, 0.15) is 40.0 Å². The highest BCUT2D eigenvalue weighted by Crippen LogP contribution is 2.41. The Hall–Kier alpha value is -3.83. The summed E-state index contributed by atoms with van der Waals surface area (Å²) in [6.07, 6.45) is 0.412. The second-order valence-electron chi connectivity index (χ2n) is 9.36. The van der Waals surface area contributed by atoms with Gasteiger partial charge in [0.25, 0.3) is 17.7 Å². The number of tetrazole rings is 1. The van der Waals surface area contributed by atoms with Gasteiger partial charge in [-0.1, -0.05) is 36.1 Å². The molecule has 3 aliphatic heterocycles. The molecule has 4 heterocycles. The fourth-order valence-electron chi connectivity index (χ4n) is 4.85. The maximum absolute atomic E-state index is 13.0. The number of thioether (sulfide) groups is 2. The molecule has 1 fully saturated rings. The lowest BCUT2D eigenvalue weighted by molar-refractivity contribution is -0.148. The fourth-order valence-corrected chi connectivity index (χ4v) is 7.45. The summed E-state index contributed by atoms with van der Waals surface area (Å²) in [5.41, 5.74) is 0.854. The third-order valence-corrected chi connectivity index (χ3v) is 9.59. The number of thiocarbonyl (C=S) groups is 1. The lowest BCUT2D eigenvalue weighted by Gasteiger charge is -2.49. The number of rotatable bonds is 11. The van der Waals surface area contributed by atoms with Crippen molar-refractivity contribution >= 4 is 70.4 Å². The molecule has 0 radical (unpaired) electrons. The van der Waals surface area contributed by atoms with Crippen molar-refractivity contribution in [3.05, 3.63) is 46.7 Å². The van der Waals surface area contributed by atoms with E-state index in [2.05, 4.69) is 20.8 Å². The van der Waals surface area contributed by atoms with Crippen LogP contribution >= 0.6 is 35.7 Å². The van der Waals surface area contributed by atoms with Crippen molar-refractivity contribution in [2.75, 3.05) is 11.5 Å². The van der Waals surface area contributed by atoms with Gasteiger partial charge in [0.05, 0.1) is 16.1 Å². The standard InChI is InChI=1S/C24H23N7O7S3/c1-29-24(26-27-28-29)41-10-11-9-40-21-16(20(34)31(21)17(11)23(37)38)25-15(39)8-4-7-14(22(35)36)30-18(32)12-5-2-3-6-13(12)19(30)33/h2-3,5-6,14,16,21H,4,7-10H2,1H3,(H,25,39)(H,35,36)(H,37,38)/t14?,16?,21-/m0/s1. The molecule has 2 unspecified atom stereocenters. The van der Waals surface area contributed by atoms with Gasteiger partial charge in [0, 0.05) is 18.6 Å². The maximum Gasteiger partial charge on any atom is 0.352 e. The van der Waals surface area contributed by atoms with Crippen LogP contribution in [0.25, 0.3) is 0 Å². The van der Waals surface area contributed by atoms with E-state index in [9.17, 15) is 34.2 Å². The van der Waals surface area contributed by atoms with Gasteiger partial charge in [0.1, 0.15) is 23.2 Å². The van der Waals surface area contributed by atoms with Gasteiger partial charge in [-0.3, -0.25) is 24.2 Å². The second-order valence-corrected chi connectivity index (χ2v) is 11.9. The molecule has 0 spiro atoms. The number of β-lactam (4-membered cyclic amide) rings is 1. The van der Waals surface area contributed by atoms with E-state index in [-0.39, 0.29) is 36.1 Å². The summed E-state index contributed by atoms with van der Waals surface area (Å²) in [6, 6.07) is 4.08. The number of hydrogen-bond acceptors (Lipinski definition) is 11. The van der Waals surface area contributed by atoms with E-state index in [0.717, 1.165) is 4.90 Å². The number of imide groups is 1. The molecule has 2 aromatic rings. The first-order valence-electron chi connectivity index (χ1n) is 12.3. The van der Waals surface area contributed by atoms with Crippen molar-refractivity contribution in [2.24, 2.45) is 7.05 Å². The SMILES string of the molecule is Cn1nnnc1SCC1=C(C(=O)O)N2C(=O)C(NC(=S)CCCC(C(=O)O)N3C(=O)c4ccccc4C3=O)[C@@H]2SC1. The first-order chi connectivity index (χ1) is 19.6. The quantitative estimate of drug-likeness (QED) is 0.139. The first kappa shape index (κ1) is 28.7. The van der Waals surface area contributed by atoms with Gasteiger partial charge in [0.2, 0.25) is 5.16 Å². The van der Waals surface area contributed by atoms with Crippen molar-refractivity contribution < 1.29 is 34.2 Å². The van der Waals surface area contributed by atoms with E-state index in [4.69, 9.17) is 12.2 Å². The first-order valence-corrected chi connectivity index (χ1v) is 14.8. The Balaban J connectivity index is 1.17. The second kappa shape index (κ2) is 11.6. The number of benzene rings is 1. The fraction of sp³-hybridized carbons (Fsp3) is 0.375. The molecule has 3 atom stereocenters. The highest BCUT2D eigenvalue weighted by atomic mass is 32.2. The normalized spacial score (nSPS) is 20.5. The average Bonchev–Trinajstić information content (AvgIpc) is 3.47. The molecule has 1 aromatic carbocycles. The van der Waals surface area contributed by atoms with Crippen LogP contribution in [0.2, 0.25) is 0 Å². The van der Waals surface area contributed by atoms with Crippen LogP contribution in [0.3, 0.4) is 0 Å². The molecule has 17 heteroatoms. The Kier molecular flexibility index (Phi) is 8.10. The maximum atomic E-state index is 13.0. The number of fused-ring (bicyclic) bond motifs is 2. The van der Waals surface area contributed by atoms with Crippen molar-refractivity contribution in [1.29, 1.82) is 0 Å². The summed E-state index contributed by atoms with van der Waals surface area (Å²) in [5, 5.41) is 33.8. The molecule has 41 heavy (non-hydrogen) atoms. The summed E-state index contributed by atoms with van der Waals surface area (Å²) in [6.45, 7) is 0. The van der Waals surface area contributed by atoms with Gasteiger partial charge < -0.3 is 15.5 Å². The van der Waals surface area contributed by atoms with Gasteiger partial charge in [-0.15, -0.1) is 16.9 Å². The van der Waals surface area contributed by atoms with E-state index < -0.39 is 47.1 Å². The van der Waals surface area contributed by atoms with Crippen LogP contribution in [0.4, 0.5) is 0 Å². The van der Waals surface area contributed by atoms with Crippen molar-refractivity contribution in [2.45, 2.75) is 41.9 Å². The lowest BCUT2D eigenvalue weighted by atomic mass is 10.0. The Labute approximate surface area is 246 Å². The predicted octanol–water partition coefficient (Wildman–Crippen LogP) is 0.761. The zero-order valence-corrected chi connectivity index (χ0v) is 23.9. The predicted molar refractivity (Wildman–Crippen MR) is 149 cm³/mol. The summed E-state index contributed by atoms with van der Waals surface area (Å²) in [5.74, 6) is -3.56. The van der Waals surface area contributed by atoms with E-state index >= 15 is 0 Å². The number of carboxylic acid groups (broad SMARTS) is 2. The number of nitrogens with zero attached hydrogens (tertiary/aromatic N) is 6. The third-order valence-electron chi connectivity index (χ3n) is 6.83. The Morgan fingerprint density at radius 3 is 2.46 bits per heavy atom.